The van der Waals surface area contributed by atoms with Crippen LogP contribution in [-0.2, 0) is 4.79 Å². The minimum Gasteiger partial charge on any atom is -0.295 e. The molecule has 0 aliphatic heterocycles. The second-order valence-corrected chi connectivity index (χ2v) is 11.9. The molecule has 0 unspecified atom stereocenters. The summed E-state index contributed by atoms with van der Waals surface area (Å²) in [6.45, 7) is 15.3. The second kappa shape index (κ2) is 4.43. The fourth-order valence-electron chi connectivity index (χ4n) is 1.07. The normalized spacial score (nSPS) is 12.5. The van der Waals surface area contributed by atoms with E-state index in [0.29, 0.717) is 6.42 Å². The Kier molecular flexibility index (Phi) is 4.31. The summed E-state index contributed by atoms with van der Waals surface area (Å²) < 4.78 is 0. The molecule has 82 valence electrons. The highest BCUT2D eigenvalue weighted by atomic mass is 28.3. The number of allylic oxidation sites excluding steroid dienone is 2. The highest BCUT2D eigenvalue weighted by Crippen LogP contribution is 2.40. The predicted octanol–water partition coefficient (Wildman–Crippen LogP) is 4.03. The van der Waals surface area contributed by atoms with Gasteiger partial charge < -0.3 is 0 Å². The highest BCUT2D eigenvalue weighted by molar-refractivity contribution is 6.79. The Bertz CT molecular complexity index is 240. The first-order valence-corrected chi connectivity index (χ1v) is 8.74. The summed E-state index contributed by atoms with van der Waals surface area (Å²) in [5.74, 6) is 0.275. The Morgan fingerprint density at radius 2 is 1.64 bits per heavy atom. The molecule has 0 spiro atoms. The molecule has 0 aromatic carbocycles. The van der Waals surface area contributed by atoms with Crippen LogP contribution >= 0.6 is 0 Å². The maximum atomic E-state index is 11.7. The summed E-state index contributed by atoms with van der Waals surface area (Å²) in [5.41, 5.74) is 1.10. The van der Waals surface area contributed by atoms with Crippen LogP contribution in [0.3, 0.4) is 0 Å². The third-order valence-electron chi connectivity index (χ3n) is 3.10. The van der Waals surface area contributed by atoms with Gasteiger partial charge in [-0.25, -0.2) is 0 Å². The van der Waals surface area contributed by atoms with E-state index in [1.165, 1.54) is 0 Å². The van der Waals surface area contributed by atoms with Crippen molar-refractivity contribution in [3.8, 4) is 0 Å². The van der Waals surface area contributed by atoms with Gasteiger partial charge in [-0.05, 0) is 25.0 Å². The molecule has 0 rings (SSSR count). The highest BCUT2D eigenvalue weighted by Gasteiger charge is 2.35. The monoisotopic (exact) mass is 212 g/mol. The standard InChI is InChI=1S/C12H24OSi/c1-10(2)8-11(13)9-12(3,4)14(5,6)7/h8H,9H2,1-7H3. The van der Waals surface area contributed by atoms with Crippen LogP contribution in [0.2, 0.25) is 24.7 Å². The molecule has 0 fully saturated rings. The van der Waals surface area contributed by atoms with E-state index in [1.807, 2.05) is 13.8 Å². The van der Waals surface area contributed by atoms with Gasteiger partial charge in [0.25, 0.3) is 0 Å². The number of carbonyl (C=O) groups is 1. The van der Waals surface area contributed by atoms with E-state index in [4.69, 9.17) is 0 Å². The van der Waals surface area contributed by atoms with Crippen molar-refractivity contribution in [3.63, 3.8) is 0 Å². The summed E-state index contributed by atoms with van der Waals surface area (Å²) in [7, 11) is -1.25. The zero-order chi connectivity index (χ0) is 11.6. The van der Waals surface area contributed by atoms with Gasteiger partial charge in [-0.2, -0.15) is 0 Å². The van der Waals surface area contributed by atoms with E-state index in [1.54, 1.807) is 6.08 Å². The number of ketones is 1. The molecule has 0 saturated carbocycles. The topological polar surface area (TPSA) is 17.1 Å². The molecular weight excluding hydrogens is 188 g/mol. The molecule has 0 bridgehead atoms. The molecule has 0 aliphatic rings. The number of hydrogen-bond acceptors (Lipinski definition) is 1. The second-order valence-electron chi connectivity index (χ2n) is 6.00. The third kappa shape index (κ3) is 4.23. The summed E-state index contributed by atoms with van der Waals surface area (Å²) in [5, 5.41) is 0.191. The van der Waals surface area contributed by atoms with Gasteiger partial charge in [0.2, 0.25) is 0 Å². The lowest BCUT2D eigenvalue weighted by Gasteiger charge is -2.36. The molecule has 14 heavy (non-hydrogen) atoms. The van der Waals surface area contributed by atoms with Gasteiger partial charge in [0, 0.05) is 6.42 Å². The molecular formula is C12H24OSi. The van der Waals surface area contributed by atoms with Gasteiger partial charge in [0.05, 0.1) is 8.07 Å². The summed E-state index contributed by atoms with van der Waals surface area (Å²) in [6, 6.07) is 0. The molecule has 0 amide bonds. The summed E-state index contributed by atoms with van der Waals surface area (Å²) >= 11 is 0. The molecule has 0 heterocycles. The fourth-order valence-corrected chi connectivity index (χ4v) is 1.78. The van der Waals surface area contributed by atoms with Gasteiger partial charge in [0.15, 0.2) is 5.78 Å². The first-order chi connectivity index (χ1) is 6.06. The zero-order valence-corrected chi connectivity index (χ0v) is 11.7. The van der Waals surface area contributed by atoms with Crippen LogP contribution < -0.4 is 0 Å². The lowest BCUT2D eigenvalue weighted by molar-refractivity contribution is -0.115. The third-order valence-corrected chi connectivity index (χ3v) is 7.33. The fraction of sp³-hybridized carbons (Fsp3) is 0.750. The Labute approximate surface area is 89.6 Å². The average Bonchev–Trinajstić information content (AvgIpc) is 1.79. The van der Waals surface area contributed by atoms with Crippen molar-refractivity contribution >= 4 is 13.9 Å². The molecule has 0 radical (unpaired) electrons. The molecule has 0 atom stereocenters. The molecule has 0 aromatic heterocycles. The van der Waals surface area contributed by atoms with Crippen LogP contribution in [-0.4, -0.2) is 13.9 Å². The maximum absolute atomic E-state index is 11.7. The van der Waals surface area contributed by atoms with Crippen LogP contribution in [0.1, 0.15) is 34.1 Å². The van der Waals surface area contributed by atoms with Crippen LogP contribution in [0.4, 0.5) is 0 Å². The molecule has 0 saturated heterocycles. The molecule has 0 aliphatic carbocycles. The average molecular weight is 212 g/mol. The minimum absolute atomic E-state index is 0.191. The SMILES string of the molecule is CC(C)=CC(=O)CC(C)(C)[Si](C)(C)C. The van der Waals surface area contributed by atoms with Crippen molar-refractivity contribution < 1.29 is 4.79 Å². The van der Waals surface area contributed by atoms with Crippen molar-refractivity contribution in [2.24, 2.45) is 0 Å². The Balaban J connectivity index is 4.54. The van der Waals surface area contributed by atoms with E-state index in [2.05, 4.69) is 33.5 Å². The number of carbonyl (C=O) groups excluding carboxylic acids is 1. The van der Waals surface area contributed by atoms with Crippen molar-refractivity contribution in [2.75, 3.05) is 0 Å². The Morgan fingerprint density at radius 1 is 1.21 bits per heavy atom. The van der Waals surface area contributed by atoms with Crippen molar-refractivity contribution in [3.05, 3.63) is 11.6 Å². The van der Waals surface area contributed by atoms with Crippen LogP contribution in [0.5, 0.6) is 0 Å². The van der Waals surface area contributed by atoms with Crippen LogP contribution in [0.15, 0.2) is 11.6 Å². The lowest BCUT2D eigenvalue weighted by atomic mass is 10.0. The summed E-state index contributed by atoms with van der Waals surface area (Å²) in [4.78, 5) is 11.7. The van der Waals surface area contributed by atoms with E-state index in [0.717, 1.165) is 5.57 Å². The first-order valence-electron chi connectivity index (χ1n) is 5.24. The quantitative estimate of drug-likeness (QED) is 0.508. The largest absolute Gasteiger partial charge is 0.295 e. The molecule has 0 aromatic rings. The Morgan fingerprint density at radius 3 is 1.93 bits per heavy atom. The van der Waals surface area contributed by atoms with Gasteiger partial charge in [0.1, 0.15) is 0 Å². The molecule has 0 N–H and O–H groups in total. The van der Waals surface area contributed by atoms with Crippen molar-refractivity contribution in [1.82, 2.24) is 0 Å². The smallest absolute Gasteiger partial charge is 0.155 e. The van der Waals surface area contributed by atoms with Gasteiger partial charge >= 0.3 is 0 Å². The zero-order valence-electron chi connectivity index (χ0n) is 10.7. The van der Waals surface area contributed by atoms with Gasteiger partial charge in [-0.15, -0.1) is 0 Å². The van der Waals surface area contributed by atoms with Crippen molar-refractivity contribution in [1.29, 1.82) is 0 Å². The van der Waals surface area contributed by atoms with E-state index < -0.39 is 8.07 Å². The predicted molar refractivity (Wildman–Crippen MR) is 66.4 cm³/mol. The minimum atomic E-state index is -1.25. The molecule has 2 heteroatoms. The van der Waals surface area contributed by atoms with Gasteiger partial charge in [-0.1, -0.05) is 39.1 Å². The van der Waals surface area contributed by atoms with E-state index in [-0.39, 0.29) is 10.8 Å². The van der Waals surface area contributed by atoms with E-state index >= 15 is 0 Å². The summed E-state index contributed by atoms with van der Waals surface area (Å²) in [6.07, 6.45) is 2.45. The van der Waals surface area contributed by atoms with Crippen molar-refractivity contribution in [2.45, 2.75) is 58.8 Å². The number of rotatable bonds is 4. The molecule has 1 nitrogen and oxygen atoms in total. The van der Waals surface area contributed by atoms with Crippen LogP contribution in [0, 0.1) is 0 Å². The maximum Gasteiger partial charge on any atom is 0.155 e. The Hall–Kier alpha value is -0.373. The van der Waals surface area contributed by atoms with E-state index in [9.17, 15) is 4.79 Å². The first kappa shape index (κ1) is 13.6. The number of hydrogen-bond donors (Lipinski definition) is 0. The van der Waals surface area contributed by atoms with Gasteiger partial charge in [-0.3, -0.25) is 4.79 Å². The van der Waals surface area contributed by atoms with Crippen LogP contribution in [0.25, 0.3) is 0 Å². The lowest BCUT2D eigenvalue weighted by Crippen LogP contribution is -2.36.